The first-order valence-electron chi connectivity index (χ1n) is 9.32. The second kappa shape index (κ2) is 8.80. The number of carbonyl (C=O) groups is 2. The van der Waals surface area contributed by atoms with E-state index in [-0.39, 0.29) is 12.5 Å². The number of carbonyl (C=O) groups excluding carboxylic acids is 2. The van der Waals surface area contributed by atoms with E-state index in [0.29, 0.717) is 23.3 Å². The first-order chi connectivity index (χ1) is 12.6. The molecular weight excluding hydrogens is 350 g/mol. The minimum absolute atomic E-state index is 0.0744. The summed E-state index contributed by atoms with van der Waals surface area (Å²) in [4.78, 5) is 28.0. The lowest BCUT2D eigenvalue weighted by molar-refractivity contribution is -0.140. The summed E-state index contributed by atoms with van der Waals surface area (Å²) in [6.45, 7) is 0.582. The highest BCUT2D eigenvalue weighted by Crippen LogP contribution is 2.35. The van der Waals surface area contributed by atoms with E-state index < -0.39 is 5.97 Å². The Morgan fingerprint density at radius 3 is 2.73 bits per heavy atom. The maximum atomic E-state index is 12.7. The number of likely N-dealkylation sites (tertiary alicyclic amines) is 1. The second-order valence-corrected chi connectivity index (χ2v) is 7.86. The van der Waals surface area contributed by atoms with Crippen molar-refractivity contribution in [1.82, 2.24) is 4.90 Å². The highest BCUT2D eigenvalue weighted by molar-refractivity contribution is 7.98. The maximum Gasteiger partial charge on any atom is 0.342 e. The number of nitrogens with zero attached hydrogens (tertiary/aromatic N) is 1. The van der Waals surface area contributed by atoms with E-state index in [9.17, 15) is 9.59 Å². The van der Waals surface area contributed by atoms with E-state index in [1.165, 1.54) is 32.8 Å². The Kier molecular flexibility index (Phi) is 6.46. The molecule has 1 heterocycles. The van der Waals surface area contributed by atoms with Gasteiger partial charge in [-0.1, -0.05) is 12.8 Å². The van der Waals surface area contributed by atoms with Crippen LogP contribution in [0.3, 0.4) is 0 Å². The molecule has 142 valence electrons. The number of hydrogen-bond donors (Lipinski definition) is 0. The van der Waals surface area contributed by atoms with Crippen LogP contribution in [0.4, 0.5) is 0 Å². The van der Waals surface area contributed by atoms with Gasteiger partial charge in [-0.15, -0.1) is 11.8 Å². The molecule has 5 nitrogen and oxygen atoms in total. The van der Waals surface area contributed by atoms with E-state index in [1.54, 1.807) is 23.9 Å². The number of esters is 1. The van der Waals surface area contributed by atoms with E-state index in [2.05, 4.69) is 0 Å². The highest BCUT2D eigenvalue weighted by atomic mass is 32.2. The molecule has 0 aromatic heterocycles. The zero-order chi connectivity index (χ0) is 18.5. The third-order valence-corrected chi connectivity index (χ3v) is 6.24. The maximum absolute atomic E-state index is 12.7. The van der Waals surface area contributed by atoms with Crippen molar-refractivity contribution in [3.05, 3.63) is 23.8 Å². The van der Waals surface area contributed by atoms with Gasteiger partial charge in [0.2, 0.25) is 0 Å². The Hall–Kier alpha value is -1.69. The molecule has 0 N–H and O–H groups in total. The van der Waals surface area contributed by atoms with Crippen molar-refractivity contribution in [2.75, 3.05) is 26.5 Å². The molecule has 1 aliphatic carbocycles. The van der Waals surface area contributed by atoms with Gasteiger partial charge in [0.1, 0.15) is 11.3 Å². The van der Waals surface area contributed by atoms with Crippen molar-refractivity contribution in [3.63, 3.8) is 0 Å². The number of fused-ring (bicyclic) bond motifs is 1. The van der Waals surface area contributed by atoms with Gasteiger partial charge < -0.3 is 14.4 Å². The summed E-state index contributed by atoms with van der Waals surface area (Å²) in [5.41, 5.74) is 0.354. The topological polar surface area (TPSA) is 55.8 Å². The molecule has 1 aromatic carbocycles. The molecule has 1 aliphatic heterocycles. The number of amides is 1. The van der Waals surface area contributed by atoms with E-state index in [4.69, 9.17) is 9.47 Å². The Bertz CT molecular complexity index is 661. The number of benzene rings is 1. The average molecular weight is 378 g/mol. The SMILES string of the molecule is COc1cc(SC)ccc1C(=O)OCC(=O)N1CCC[C@@H]2CCCC[C@H]21. The Labute approximate surface area is 159 Å². The van der Waals surface area contributed by atoms with Crippen molar-refractivity contribution in [2.45, 2.75) is 49.5 Å². The predicted octanol–water partition coefficient (Wildman–Crippen LogP) is 3.76. The fourth-order valence-corrected chi connectivity index (χ4v) is 4.62. The molecule has 2 fully saturated rings. The normalized spacial score (nSPS) is 22.5. The quantitative estimate of drug-likeness (QED) is 0.578. The molecule has 26 heavy (non-hydrogen) atoms. The highest BCUT2D eigenvalue weighted by Gasteiger charge is 2.35. The molecule has 2 atom stereocenters. The summed E-state index contributed by atoms with van der Waals surface area (Å²) in [6, 6.07) is 5.68. The predicted molar refractivity (Wildman–Crippen MR) is 102 cm³/mol. The monoisotopic (exact) mass is 377 g/mol. The number of ether oxygens (including phenoxy) is 2. The van der Waals surface area contributed by atoms with Gasteiger partial charge in [-0.25, -0.2) is 4.79 Å². The average Bonchev–Trinajstić information content (AvgIpc) is 2.70. The smallest absolute Gasteiger partial charge is 0.342 e. The lowest BCUT2D eigenvalue weighted by Crippen LogP contribution is -2.50. The minimum Gasteiger partial charge on any atom is -0.496 e. The summed E-state index contributed by atoms with van der Waals surface area (Å²) in [6.07, 6.45) is 8.97. The van der Waals surface area contributed by atoms with Crippen LogP contribution in [-0.2, 0) is 9.53 Å². The van der Waals surface area contributed by atoms with Crippen LogP contribution in [0, 0.1) is 5.92 Å². The number of rotatable bonds is 5. The largest absolute Gasteiger partial charge is 0.496 e. The Morgan fingerprint density at radius 2 is 1.96 bits per heavy atom. The summed E-state index contributed by atoms with van der Waals surface area (Å²) < 4.78 is 10.6. The first kappa shape index (κ1) is 19.1. The molecular formula is C20H27NO4S. The van der Waals surface area contributed by atoms with E-state index >= 15 is 0 Å². The zero-order valence-electron chi connectivity index (χ0n) is 15.5. The molecule has 6 heteroatoms. The number of piperidine rings is 1. The van der Waals surface area contributed by atoms with E-state index in [1.807, 2.05) is 17.2 Å². The Balaban J connectivity index is 1.61. The molecule has 1 saturated heterocycles. The lowest BCUT2D eigenvalue weighted by Gasteiger charge is -2.44. The molecule has 0 radical (unpaired) electrons. The van der Waals surface area contributed by atoms with Crippen LogP contribution in [-0.4, -0.2) is 49.3 Å². The zero-order valence-corrected chi connectivity index (χ0v) is 16.3. The van der Waals surface area contributed by atoms with Crippen LogP contribution in [0.1, 0.15) is 48.9 Å². The van der Waals surface area contributed by atoms with Crippen molar-refractivity contribution >= 4 is 23.6 Å². The van der Waals surface area contributed by atoms with Crippen LogP contribution in [0.5, 0.6) is 5.75 Å². The van der Waals surface area contributed by atoms with Gasteiger partial charge in [0.05, 0.1) is 7.11 Å². The minimum atomic E-state index is -0.514. The fraction of sp³-hybridized carbons (Fsp3) is 0.600. The molecule has 2 aliphatic rings. The second-order valence-electron chi connectivity index (χ2n) is 6.98. The number of thioether (sulfide) groups is 1. The number of methoxy groups -OCH3 is 1. The molecule has 1 amide bonds. The van der Waals surface area contributed by atoms with Crippen molar-refractivity contribution in [1.29, 1.82) is 0 Å². The fourth-order valence-electron chi connectivity index (χ4n) is 4.19. The van der Waals surface area contributed by atoms with Gasteiger partial charge in [0.25, 0.3) is 5.91 Å². The van der Waals surface area contributed by atoms with Gasteiger partial charge in [-0.05, 0) is 56.1 Å². The van der Waals surface area contributed by atoms with Crippen LogP contribution in [0.15, 0.2) is 23.1 Å². The van der Waals surface area contributed by atoms with Gasteiger partial charge >= 0.3 is 5.97 Å². The third-order valence-electron chi connectivity index (χ3n) is 5.52. The van der Waals surface area contributed by atoms with Gasteiger partial charge in [-0.2, -0.15) is 0 Å². The van der Waals surface area contributed by atoms with Crippen LogP contribution in [0.25, 0.3) is 0 Å². The van der Waals surface area contributed by atoms with E-state index in [0.717, 1.165) is 24.3 Å². The summed E-state index contributed by atoms with van der Waals surface area (Å²) in [5, 5.41) is 0. The van der Waals surface area contributed by atoms with Gasteiger partial charge in [0, 0.05) is 17.5 Å². The summed E-state index contributed by atoms with van der Waals surface area (Å²) >= 11 is 1.57. The Morgan fingerprint density at radius 1 is 1.19 bits per heavy atom. The van der Waals surface area contributed by atoms with Crippen molar-refractivity contribution < 1.29 is 19.1 Å². The molecule has 3 rings (SSSR count). The molecule has 1 saturated carbocycles. The standard InChI is InChI=1S/C20H27NO4S/c1-24-18-12-15(26-2)9-10-16(18)20(23)25-13-19(22)21-11-5-7-14-6-3-4-8-17(14)21/h9-10,12,14,17H,3-8,11,13H2,1-2H3/t14-,17+/m0/s1. The van der Waals surface area contributed by atoms with Crippen LogP contribution in [0.2, 0.25) is 0 Å². The molecule has 0 bridgehead atoms. The summed E-state index contributed by atoms with van der Waals surface area (Å²) in [5.74, 6) is 0.505. The molecule has 1 aromatic rings. The number of hydrogen-bond acceptors (Lipinski definition) is 5. The van der Waals surface area contributed by atoms with Crippen LogP contribution < -0.4 is 4.74 Å². The van der Waals surface area contributed by atoms with Crippen molar-refractivity contribution in [2.24, 2.45) is 5.92 Å². The first-order valence-corrected chi connectivity index (χ1v) is 10.5. The third kappa shape index (κ3) is 4.17. The van der Waals surface area contributed by atoms with Crippen molar-refractivity contribution in [3.8, 4) is 5.75 Å². The van der Waals surface area contributed by atoms with Gasteiger partial charge in [0.15, 0.2) is 6.61 Å². The summed E-state index contributed by atoms with van der Waals surface area (Å²) in [7, 11) is 1.53. The van der Waals surface area contributed by atoms with Crippen LogP contribution >= 0.6 is 11.8 Å². The van der Waals surface area contributed by atoms with Gasteiger partial charge in [-0.3, -0.25) is 4.79 Å². The molecule has 0 spiro atoms. The lowest BCUT2D eigenvalue weighted by atomic mass is 9.78. The molecule has 0 unspecified atom stereocenters.